The van der Waals surface area contributed by atoms with Crippen LogP contribution in [0, 0.1) is 0 Å². The smallest absolute Gasteiger partial charge is 0.0979 e. The molecule has 4 nitrogen and oxygen atoms in total. The molecule has 0 amide bonds. The third-order valence-electron chi connectivity index (χ3n) is 2.69. The molecule has 0 spiro atoms. The minimum atomic E-state index is -0.624. The van der Waals surface area contributed by atoms with Crippen LogP contribution in [0.2, 0.25) is 0 Å². The van der Waals surface area contributed by atoms with E-state index < -0.39 is 12.2 Å². The second-order valence-electron chi connectivity index (χ2n) is 3.98. The molecule has 0 aromatic heterocycles. The summed E-state index contributed by atoms with van der Waals surface area (Å²) in [5.41, 5.74) is 0. The Labute approximate surface area is 79.1 Å². The summed E-state index contributed by atoms with van der Waals surface area (Å²) >= 11 is 0. The first-order valence-corrected chi connectivity index (χ1v) is 4.63. The van der Waals surface area contributed by atoms with Gasteiger partial charge in [0.25, 0.3) is 0 Å². The van der Waals surface area contributed by atoms with E-state index in [4.69, 9.17) is 4.74 Å². The van der Waals surface area contributed by atoms with Gasteiger partial charge < -0.3 is 19.8 Å². The number of aliphatic hydroxyl groups excluding tert-OH is 2. The highest BCUT2D eigenvalue weighted by Crippen LogP contribution is 2.23. The highest BCUT2D eigenvalue weighted by molar-refractivity contribution is 4.93. The molecular weight excluding hydrogens is 170 g/mol. The molecule has 1 rings (SSSR count). The van der Waals surface area contributed by atoms with Crippen LogP contribution < -0.4 is 0 Å². The molecule has 5 atom stereocenters. The first kappa shape index (κ1) is 10.9. The van der Waals surface area contributed by atoms with E-state index in [0.29, 0.717) is 0 Å². The predicted octanol–water partition coefficient (Wildman–Crippen LogP) is -0.554. The molecule has 1 aliphatic rings. The van der Waals surface area contributed by atoms with Gasteiger partial charge in [-0.15, -0.1) is 0 Å². The first-order valence-electron chi connectivity index (χ1n) is 4.63. The van der Waals surface area contributed by atoms with Gasteiger partial charge in [-0.2, -0.15) is 0 Å². The molecule has 0 radical (unpaired) electrons. The Morgan fingerprint density at radius 2 is 1.38 bits per heavy atom. The van der Waals surface area contributed by atoms with Gasteiger partial charge in [0.15, 0.2) is 0 Å². The molecule has 1 heterocycles. The number of hydrogen-bond acceptors (Lipinski definition) is 4. The van der Waals surface area contributed by atoms with Crippen molar-refractivity contribution in [3.63, 3.8) is 0 Å². The van der Waals surface area contributed by atoms with Crippen LogP contribution in [0.4, 0.5) is 0 Å². The van der Waals surface area contributed by atoms with Crippen molar-refractivity contribution >= 4 is 0 Å². The largest absolute Gasteiger partial charge is 0.389 e. The summed E-state index contributed by atoms with van der Waals surface area (Å²) in [5, 5.41) is 19.5. The fourth-order valence-corrected chi connectivity index (χ4v) is 1.87. The molecule has 0 aromatic carbocycles. The van der Waals surface area contributed by atoms with Crippen LogP contribution in [0.15, 0.2) is 0 Å². The van der Waals surface area contributed by atoms with Crippen LogP contribution in [0.5, 0.6) is 0 Å². The topological polar surface area (TPSA) is 52.9 Å². The van der Waals surface area contributed by atoms with Crippen LogP contribution in [0.25, 0.3) is 0 Å². The lowest BCUT2D eigenvalue weighted by atomic mass is 9.93. The van der Waals surface area contributed by atoms with Crippen LogP contribution in [0.1, 0.15) is 13.8 Å². The van der Waals surface area contributed by atoms with E-state index in [1.807, 2.05) is 32.8 Å². The average Bonchev–Trinajstić information content (AvgIpc) is 2.01. The SMILES string of the molecule is C[C@@H]1O[C@H](C)[C@@H](O)[C@H](N(C)C)[C@H]1O. The van der Waals surface area contributed by atoms with Crippen molar-refractivity contribution in [2.45, 2.75) is 44.3 Å². The van der Waals surface area contributed by atoms with Gasteiger partial charge in [-0.05, 0) is 27.9 Å². The van der Waals surface area contributed by atoms with E-state index in [-0.39, 0.29) is 18.2 Å². The Balaban J connectivity index is 2.76. The fraction of sp³-hybridized carbons (Fsp3) is 1.00. The summed E-state index contributed by atoms with van der Waals surface area (Å²) in [4.78, 5) is 1.84. The molecule has 78 valence electrons. The van der Waals surface area contributed by atoms with Crippen LogP contribution in [-0.2, 0) is 4.74 Å². The molecule has 2 N–H and O–H groups in total. The Kier molecular flexibility index (Phi) is 3.29. The summed E-state index contributed by atoms with van der Waals surface area (Å²) < 4.78 is 5.36. The Hall–Kier alpha value is -0.160. The second-order valence-corrected chi connectivity index (χ2v) is 3.98. The normalized spacial score (nSPS) is 46.8. The average molecular weight is 189 g/mol. The summed E-state index contributed by atoms with van der Waals surface area (Å²) in [6, 6.07) is -0.237. The van der Waals surface area contributed by atoms with E-state index in [2.05, 4.69) is 0 Å². The van der Waals surface area contributed by atoms with Crippen molar-refractivity contribution < 1.29 is 14.9 Å². The van der Waals surface area contributed by atoms with Gasteiger partial charge in [0.05, 0.1) is 30.5 Å². The van der Waals surface area contributed by atoms with Gasteiger partial charge >= 0.3 is 0 Å². The van der Waals surface area contributed by atoms with E-state index >= 15 is 0 Å². The Bertz CT molecular complexity index is 160. The van der Waals surface area contributed by atoms with Crippen molar-refractivity contribution in [1.29, 1.82) is 0 Å². The zero-order valence-corrected chi connectivity index (χ0v) is 8.64. The number of rotatable bonds is 1. The van der Waals surface area contributed by atoms with Crippen molar-refractivity contribution in [2.24, 2.45) is 0 Å². The molecule has 0 unspecified atom stereocenters. The van der Waals surface area contributed by atoms with E-state index in [1.165, 1.54) is 0 Å². The number of likely N-dealkylation sites (N-methyl/N-ethyl adjacent to an activating group) is 1. The van der Waals surface area contributed by atoms with E-state index in [9.17, 15) is 10.2 Å². The molecule has 1 fully saturated rings. The zero-order chi connectivity index (χ0) is 10.2. The minimum Gasteiger partial charge on any atom is -0.389 e. The lowest BCUT2D eigenvalue weighted by molar-refractivity contribution is -0.189. The maximum absolute atomic E-state index is 9.77. The maximum atomic E-state index is 9.77. The number of nitrogens with zero attached hydrogens (tertiary/aromatic N) is 1. The van der Waals surface area contributed by atoms with Gasteiger partial charge in [-0.1, -0.05) is 0 Å². The van der Waals surface area contributed by atoms with Crippen molar-refractivity contribution in [1.82, 2.24) is 4.90 Å². The van der Waals surface area contributed by atoms with Crippen LogP contribution in [-0.4, -0.2) is 59.7 Å². The lowest BCUT2D eigenvalue weighted by Crippen LogP contribution is -2.60. The fourth-order valence-electron chi connectivity index (χ4n) is 1.87. The van der Waals surface area contributed by atoms with Crippen LogP contribution >= 0.6 is 0 Å². The standard InChI is InChI=1S/C9H19NO3/c1-5-8(11)7(10(3)4)9(12)6(2)13-5/h5-9,11-12H,1-4H3/t5-,6+,7+,8-,9+. The number of ether oxygens (including phenoxy) is 1. The van der Waals surface area contributed by atoms with Gasteiger partial charge in [0.2, 0.25) is 0 Å². The predicted molar refractivity (Wildman–Crippen MR) is 49.5 cm³/mol. The van der Waals surface area contributed by atoms with Gasteiger partial charge in [0, 0.05) is 0 Å². The molecule has 1 aliphatic heterocycles. The molecule has 0 aliphatic carbocycles. The highest BCUT2D eigenvalue weighted by atomic mass is 16.5. The van der Waals surface area contributed by atoms with E-state index in [0.717, 1.165) is 0 Å². The van der Waals surface area contributed by atoms with Crippen molar-refractivity contribution in [2.75, 3.05) is 14.1 Å². The third-order valence-corrected chi connectivity index (χ3v) is 2.69. The van der Waals surface area contributed by atoms with Crippen LogP contribution in [0.3, 0.4) is 0 Å². The summed E-state index contributed by atoms with van der Waals surface area (Å²) in [6.07, 6.45) is -1.68. The third kappa shape index (κ3) is 2.02. The molecule has 4 heteroatoms. The van der Waals surface area contributed by atoms with E-state index in [1.54, 1.807) is 0 Å². The van der Waals surface area contributed by atoms with Crippen molar-refractivity contribution in [3.8, 4) is 0 Å². The molecule has 0 bridgehead atoms. The summed E-state index contributed by atoms with van der Waals surface area (Å²) in [6.45, 7) is 3.65. The molecule has 13 heavy (non-hydrogen) atoms. The van der Waals surface area contributed by atoms with Crippen molar-refractivity contribution in [3.05, 3.63) is 0 Å². The quantitative estimate of drug-likeness (QED) is 0.581. The lowest BCUT2D eigenvalue weighted by Gasteiger charge is -2.43. The van der Waals surface area contributed by atoms with Gasteiger partial charge in [-0.25, -0.2) is 0 Å². The second kappa shape index (κ2) is 3.92. The monoisotopic (exact) mass is 189 g/mol. The summed E-state index contributed by atoms with van der Waals surface area (Å²) in [7, 11) is 3.70. The number of aliphatic hydroxyl groups is 2. The minimum absolute atomic E-state index is 0.217. The highest BCUT2D eigenvalue weighted by Gasteiger charge is 2.41. The molecule has 0 aromatic rings. The zero-order valence-electron chi connectivity index (χ0n) is 8.64. The maximum Gasteiger partial charge on any atom is 0.0979 e. The molecule has 0 saturated carbocycles. The molecule has 1 saturated heterocycles. The summed E-state index contributed by atoms with van der Waals surface area (Å²) in [5.74, 6) is 0. The first-order chi connectivity index (χ1) is 5.95. The Morgan fingerprint density at radius 1 is 1.00 bits per heavy atom. The Morgan fingerprint density at radius 3 is 1.69 bits per heavy atom. The molecular formula is C9H19NO3. The van der Waals surface area contributed by atoms with Gasteiger partial charge in [0.1, 0.15) is 0 Å². The van der Waals surface area contributed by atoms with Gasteiger partial charge in [-0.3, -0.25) is 0 Å². The number of hydrogen-bond donors (Lipinski definition) is 2.